The monoisotopic (exact) mass is 380 g/mol. The van der Waals surface area contributed by atoms with Crippen LogP contribution in [0.2, 0.25) is 0 Å². The minimum atomic E-state index is 0.432. The molecule has 1 aromatic carbocycles. The summed E-state index contributed by atoms with van der Waals surface area (Å²) >= 11 is 1.69. The molecule has 5 rings (SSSR count). The molecule has 4 heterocycles. The summed E-state index contributed by atoms with van der Waals surface area (Å²) in [6.07, 6.45) is 2.85. The molecule has 0 bridgehead atoms. The van der Waals surface area contributed by atoms with E-state index in [0.29, 0.717) is 6.10 Å². The van der Waals surface area contributed by atoms with Crippen LogP contribution in [0, 0.1) is 0 Å². The lowest BCUT2D eigenvalue weighted by atomic mass is 10.2. The van der Waals surface area contributed by atoms with Crippen LogP contribution in [-0.4, -0.2) is 60.3 Å². The van der Waals surface area contributed by atoms with E-state index in [9.17, 15) is 0 Å². The summed E-state index contributed by atoms with van der Waals surface area (Å²) < 4.78 is 5.81. The standard InChI is InChI=1S/C21H24N4OS/c1-2-7-18-17(6-1)21(23-20(22-18)19-8-4-14-27-19)25-11-9-24(10-12-25)15-16-5-3-13-26-16/h1-2,4,6-8,14,16H,3,5,9-13,15H2. The fraction of sp³-hybridized carbons (Fsp3) is 0.429. The van der Waals surface area contributed by atoms with Gasteiger partial charge in [0.1, 0.15) is 5.82 Å². The summed E-state index contributed by atoms with van der Waals surface area (Å²) in [5.74, 6) is 1.90. The lowest BCUT2D eigenvalue weighted by molar-refractivity contribution is 0.0712. The van der Waals surface area contributed by atoms with E-state index in [2.05, 4.69) is 51.6 Å². The van der Waals surface area contributed by atoms with Crippen molar-refractivity contribution < 1.29 is 4.74 Å². The summed E-state index contributed by atoms with van der Waals surface area (Å²) in [6.45, 7) is 6.12. The van der Waals surface area contributed by atoms with Crippen molar-refractivity contribution in [1.82, 2.24) is 14.9 Å². The normalized spacial score (nSPS) is 21.2. The summed E-state index contributed by atoms with van der Waals surface area (Å²) in [5.41, 5.74) is 1.02. The third kappa shape index (κ3) is 3.57. The topological polar surface area (TPSA) is 41.5 Å². The van der Waals surface area contributed by atoms with Gasteiger partial charge in [-0.3, -0.25) is 4.90 Å². The fourth-order valence-corrected chi connectivity index (χ4v) is 4.69. The number of aromatic nitrogens is 2. The van der Waals surface area contributed by atoms with E-state index in [0.717, 1.165) is 66.8 Å². The number of rotatable bonds is 4. The average molecular weight is 381 g/mol. The second-order valence-electron chi connectivity index (χ2n) is 7.29. The highest BCUT2D eigenvalue weighted by Crippen LogP contribution is 2.30. The minimum absolute atomic E-state index is 0.432. The van der Waals surface area contributed by atoms with Gasteiger partial charge in [-0.2, -0.15) is 0 Å². The lowest BCUT2D eigenvalue weighted by Gasteiger charge is -2.36. The molecule has 140 valence electrons. The fourth-order valence-electron chi connectivity index (χ4n) is 4.04. The van der Waals surface area contributed by atoms with Crippen molar-refractivity contribution in [3.8, 4) is 10.7 Å². The number of fused-ring (bicyclic) bond motifs is 1. The molecule has 1 unspecified atom stereocenters. The van der Waals surface area contributed by atoms with Gasteiger partial charge in [0, 0.05) is 44.7 Å². The predicted molar refractivity (Wildman–Crippen MR) is 110 cm³/mol. The van der Waals surface area contributed by atoms with Crippen molar-refractivity contribution in [3.05, 3.63) is 41.8 Å². The van der Waals surface area contributed by atoms with E-state index in [1.807, 2.05) is 0 Å². The van der Waals surface area contributed by atoms with Crippen LogP contribution in [0.15, 0.2) is 41.8 Å². The van der Waals surface area contributed by atoms with Gasteiger partial charge in [-0.15, -0.1) is 11.3 Å². The molecule has 0 N–H and O–H groups in total. The quantitative estimate of drug-likeness (QED) is 0.691. The number of thiophene rings is 1. The lowest BCUT2D eigenvalue weighted by Crippen LogP contribution is -2.48. The highest BCUT2D eigenvalue weighted by Gasteiger charge is 2.24. The zero-order valence-electron chi connectivity index (χ0n) is 15.4. The van der Waals surface area contributed by atoms with Gasteiger partial charge in [-0.1, -0.05) is 18.2 Å². The first kappa shape index (κ1) is 17.1. The van der Waals surface area contributed by atoms with Gasteiger partial charge in [0.25, 0.3) is 0 Å². The molecule has 0 saturated carbocycles. The SMILES string of the molecule is c1csc(-c2nc(N3CCN(CC4CCCO4)CC3)c3ccccc3n2)c1. The van der Waals surface area contributed by atoms with E-state index in [4.69, 9.17) is 14.7 Å². The minimum Gasteiger partial charge on any atom is -0.377 e. The van der Waals surface area contributed by atoms with Crippen LogP contribution < -0.4 is 4.90 Å². The van der Waals surface area contributed by atoms with Crippen molar-refractivity contribution in [1.29, 1.82) is 0 Å². The summed E-state index contributed by atoms with van der Waals surface area (Å²) in [5, 5.41) is 3.22. The Kier molecular flexibility index (Phi) is 4.78. The maximum atomic E-state index is 5.81. The van der Waals surface area contributed by atoms with Crippen LogP contribution in [0.5, 0.6) is 0 Å². The Bertz CT molecular complexity index is 900. The van der Waals surface area contributed by atoms with Crippen LogP contribution in [0.4, 0.5) is 5.82 Å². The molecule has 0 radical (unpaired) electrons. The van der Waals surface area contributed by atoms with Gasteiger partial charge >= 0.3 is 0 Å². The third-order valence-corrected chi connectivity index (χ3v) is 6.35. The molecule has 2 aromatic heterocycles. The second kappa shape index (κ2) is 7.54. The van der Waals surface area contributed by atoms with Gasteiger partial charge < -0.3 is 9.64 Å². The number of hydrogen-bond acceptors (Lipinski definition) is 6. The number of nitrogens with zero attached hydrogens (tertiary/aromatic N) is 4. The molecular weight excluding hydrogens is 356 g/mol. The molecule has 5 nitrogen and oxygen atoms in total. The largest absolute Gasteiger partial charge is 0.377 e. The Labute approximate surface area is 163 Å². The smallest absolute Gasteiger partial charge is 0.172 e. The number of piperazine rings is 1. The summed E-state index contributed by atoms with van der Waals surface area (Å²) in [4.78, 5) is 15.9. The van der Waals surface area contributed by atoms with Crippen LogP contribution in [-0.2, 0) is 4.74 Å². The van der Waals surface area contributed by atoms with E-state index in [1.165, 1.54) is 12.8 Å². The van der Waals surface area contributed by atoms with Gasteiger partial charge in [-0.05, 0) is 36.4 Å². The second-order valence-corrected chi connectivity index (χ2v) is 8.24. The van der Waals surface area contributed by atoms with Crippen molar-refractivity contribution in [2.75, 3.05) is 44.2 Å². The molecule has 0 aliphatic carbocycles. The Balaban J connectivity index is 1.39. The molecular formula is C21H24N4OS. The van der Waals surface area contributed by atoms with Crippen LogP contribution in [0.3, 0.4) is 0 Å². The molecule has 2 aliphatic rings. The Morgan fingerprint density at radius 2 is 1.93 bits per heavy atom. The maximum absolute atomic E-state index is 5.81. The van der Waals surface area contributed by atoms with Gasteiger partial charge in [0.2, 0.25) is 0 Å². The number of benzene rings is 1. The van der Waals surface area contributed by atoms with E-state index < -0.39 is 0 Å². The van der Waals surface area contributed by atoms with Crippen LogP contribution in [0.25, 0.3) is 21.6 Å². The first-order valence-corrected chi connectivity index (χ1v) is 10.6. The Morgan fingerprint density at radius 1 is 1.04 bits per heavy atom. The zero-order valence-corrected chi connectivity index (χ0v) is 16.2. The molecule has 0 spiro atoms. The van der Waals surface area contributed by atoms with Gasteiger partial charge in [0.15, 0.2) is 5.82 Å². The average Bonchev–Trinajstić information content (AvgIpc) is 3.42. The van der Waals surface area contributed by atoms with E-state index in [-0.39, 0.29) is 0 Å². The summed E-state index contributed by atoms with van der Waals surface area (Å²) in [6, 6.07) is 12.5. The van der Waals surface area contributed by atoms with E-state index >= 15 is 0 Å². The Morgan fingerprint density at radius 3 is 2.70 bits per heavy atom. The molecule has 0 amide bonds. The zero-order chi connectivity index (χ0) is 18.1. The predicted octanol–water partition coefficient (Wildman–Crippen LogP) is 3.66. The van der Waals surface area contributed by atoms with Gasteiger partial charge in [0.05, 0.1) is 16.5 Å². The third-order valence-electron chi connectivity index (χ3n) is 5.48. The molecule has 2 fully saturated rings. The molecule has 27 heavy (non-hydrogen) atoms. The number of hydrogen-bond donors (Lipinski definition) is 0. The first-order chi connectivity index (χ1) is 13.4. The number of anilines is 1. The Hall–Kier alpha value is -2.02. The molecule has 6 heteroatoms. The molecule has 2 aliphatic heterocycles. The van der Waals surface area contributed by atoms with Crippen molar-refractivity contribution in [2.24, 2.45) is 0 Å². The first-order valence-electron chi connectivity index (χ1n) is 9.76. The van der Waals surface area contributed by atoms with Crippen molar-refractivity contribution >= 4 is 28.1 Å². The highest BCUT2D eigenvalue weighted by atomic mass is 32.1. The number of para-hydroxylation sites is 1. The summed E-state index contributed by atoms with van der Waals surface area (Å²) in [7, 11) is 0. The van der Waals surface area contributed by atoms with E-state index in [1.54, 1.807) is 11.3 Å². The molecule has 2 saturated heterocycles. The van der Waals surface area contributed by atoms with Gasteiger partial charge in [-0.25, -0.2) is 9.97 Å². The van der Waals surface area contributed by atoms with Crippen molar-refractivity contribution in [2.45, 2.75) is 18.9 Å². The molecule has 3 aromatic rings. The molecule has 1 atom stereocenters. The van der Waals surface area contributed by atoms with Crippen LogP contribution >= 0.6 is 11.3 Å². The van der Waals surface area contributed by atoms with Crippen molar-refractivity contribution in [3.63, 3.8) is 0 Å². The number of ether oxygens (including phenoxy) is 1. The maximum Gasteiger partial charge on any atom is 0.172 e. The highest BCUT2D eigenvalue weighted by molar-refractivity contribution is 7.13. The van der Waals surface area contributed by atoms with Crippen LogP contribution in [0.1, 0.15) is 12.8 Å².